The molecule has 0 aliphatic rings. The van der Waals surface area contributed by atoms with Crippen molar-refractivity contribution in [3.05, 3.63) is 64.5 Å². The van der Waals surface area contributed by atoms with Gasteiger partial charge in [-0.2, -0.15) is 13.8 Å². The molecule has 0 fully saturated rings. The number of aromatic nitrogens is 3. The molecule has 4 aromatic rings. The highest BCUT2D eigenvalue weighted by Gasteiger charge is 2.10. The van der Waals surface area contributed by atoms with Crippen LogP contribution in [-0.4, -0.2) is 21.6 Å². The van der Waals surface area contributed by atoms with Crippen molar-refractivity contribution >= 4 is 34.2 Å². The summed E-state index contributed by atoms with van der Waals surface area (Å²) >= 11 is 0. The van der Waals surface area contributed by atoms with Crippen molar-refractivity contribution in [1.82, 2.24) is 15.0 Å². The minimum atomic E-state index is -3.08. The van der Waals surface area contributed by atoms with E-state index in [4.69, 9.17) is 4.42 Å². The van der Waals surface area contributed by atoms with E-state index >= 15 is 0 Å². The summed E-state index contributed by atoms with van der Waals surface area (Å²) in [4.78, 5) is 22.3. The first-order valence-electron chi connectivity index (χ1n) is 8.62. The van der Waals surface area contributed by atoms with Gasteiger partial charge in [0.2, 0.25) is 5.95 Å². The topological polar surface area (TPSA) is 105 Å². The lowest BCUT2D eigenvalue weighted by Gasteiger charge is -2.12. The van der Waals surface area contributed by atoms with Crippen molar-refractivity contribution in [3.63, 3.8) is 0 Å². The number of nitrogens with one attached hydrogen (secondary N) is 3. The molecule has 4 rings (SSSR count). The summed E-state index contributed by atoms with van der Waals surface area (Å²) < 4.78 is 47.7. The van der Waals surface area contributed by atoms with E-state index in [0.29, 0.717) is 28.2 Å². The van der Waals surface area contributed by atoms with Crippen LogP contribution in [0, 0.1) is 12.7 Å². The summed E-state index contributed by atoms with van der Waals surface area (Å²) in [7, 11) is 0. The second-order valence-electron chi connectivity index (χ2n) is 6.25. The van der Waals surface area contributed by atoms with Crippen molar-refractivity contribution in [2.45, 2.75) is 13.5 Å². The highest BCUT2D eigenvalue weighted by molar-refractivity contribution is 5.78. The van der Waals surface area contributed by atoms with E-state index in [-0.39, 0.29) is 17.4 Å². The molecule has 0 aliphatic heterocycles. The first-order valence-corrected chi connectivity index (χ1v) is 8.62. The first kappa shape index (κ1) is 19.3. The number of halogens is 3. The summed E-state index contributed by atoms with van der Waals surface area (Å²) in [5.74, 6) is -1.10. The molecule has 0 atom stereocenters. The van der Waals surface area contributed by atoms with E-state index < -0.39 is 18.2 Å². The van der Waals surface area contributed by atoms with Crippen LogP contribution in [0.1, 0.15) is 5.56 Å². The average Bonchev–Trinajstić information content (AvgIpc) is 3.02. The van der Waals surface area contributed by atoms with Gasteiger partial charge in [-0.3, -0.25) is 4.98 Å². The van der Waals surface area contributed by atoms with Gasteiger partial charge in [-0.15, -0.1) is 0 Å². The van der Waals surface area contributed by atoms with Crippen molar-refractivity contribution in [2.24, 2.45) is 0 Å². The van der Waals surface area contributed by atoms with Crippen LogP contribution >= 0.6 is 0 Å². The summed E-state index contributed by atoms with van der Waals surface area (Å²) in [5, 5.41) is 5.85. The number of aryl methyl sites for hydroxylation is 1. The van der Waals surface area contributed by atoms with Gasteiger partial charge in [-0.25, -0.2) is 14.2 Å². The van der Waals surface area contributed by atoms with Gasteiger partial charge >= 0.3 is 12.4 Å². The van der Waals surface area contributed by atoms with Gasteiger partial charge in [0.25, 0.3) is 0 Å². The standard InChI is InChI=1S/C19H14F3N5O3/c1-9-8-23-18(25-12-4-10(20)5-13(6-12)29-17(21)22)27-16(9)24-11-2-3-15-14(7-11)26-19(28)30-15/h2-8,17H,1H3,(H,26,28)(H2,23,24,25,27). The Morgan fingerprint density at radius 2 is 1.97 bits per heavy atom. The number of alkyl halides is 2. The highest BCUT2D eigenvalue weighted by Crippen LogP contribution is 2.26. The van der Waals surface area contributed by atoms with Crippen LogP contribution < -0.4 is 21.1 Å². The van der Waals surface area contributed by atoms with Gasteiger partial charge in [-0.1, -0.05) is 0 Å². The molecular formula is C19H14F3N5O3. The molecule has 0 radical (unpaired) electrons. The van der Waals surface area contributed by atoms with Gasteiger partial charge < -0.3 is 19.8 Å². The number of nitrogens with zero attached hydrogens (tertiary/aromatic N) is 2. The lowest BCUT2D eigenvalue weighted by atomic mass is 10.2. The second kappa shape index (κ2) is 7.78. The highest BCUT2D eigenvalue weighted by atomic mass is 19.3. The average molecular weight is 417 g/mol. The fourth-order valence-corrected chi connectivity index (χ4v) is 2.73. The van der Waals surface area contributed by atoms with E-state index in [1.54, 1.807) is 25.1 Å². The van der Waals surface area contributed by atoms with E-state index in [1.807, 2.05) is 0 Å². The number of rotatable bonds is 6. The number of anilines is 4. The van der Waals surface area contributed by atoms with E-state index in [1.165, 1.54) is 12.3 Å². The number of aromatic amines is 1. The molecule has 0 amide bonds. The Labute approximate surface area is 166 Å². The molecule has 0 saturated heterocycles. The molecule has 30 heavy (non-hydrogen) atoms. The van der Waals surface area contributed by atoms with E-state index in [9.17, 15) is 18.0 Å². The third-order valence-electron chi connectivity index (χ3n) is 4.01. The Balaban J connectivity index is 1.58. The van der Waals surface area contributed by atoms with Crippen LogP contribution in [0.4, 0.5) is 36.3 Å². The Bertz CT molecular complexity index is 1270. The maximum absolute atomic E-state index is 13.7. The summed E-state index contributed by atoms with van der Waals surface area (Å²) in [5.41, 5.74) is 2.41. The van der Waals surface area contributed by atoms with Crippen LogP contribution in [0.2, 0.25) is 0 Å². The van der Waals surface area contributed by atoms with Crippen LogP contribution in [0.3, 0.4) is 0 Å². The minimum Gasteiger partial charge on any atom is -0.435 e. The van der Waals surface area contributed by atoms with Gasteiger partial charge in [0.15, 0.2) is 5.58 Å². The molecule has 3 N–H and O–H groups in total. The number of fused-ring (bicyclic) bond motifs is 1. The Morgan fingerprint density at radius 1 is 1.13 bits per heavy atom. The molecule has 0 bridgehead atoms. The number of hydrogen-bond donors (Lipinski definition) is 3. The maximum Gasteiger partial charge on any atom is 0.417 e. The maximum atomic E-state index is 13.7. The third-order valence-corrected chi connectivity index (χ3v) is 4.01. The molecule has 0 unspecified atom stereocenters. The van der Waals surface area contributed by atoms with Crippen molar-refractivity contribution in [1.29, 1.82) is 0 Å². The van der Waals surface area contributed by atoms with Crippen LogP contribution in [0.25, 0.3) is 11.1 Å². The molecular weight excluding hydrogens is 403 g/mol. The van der Waals surface area contributed by atoms with E-state index in [2.05, 4.69) is 30.3 Å². The van der Waals surface area contributed by atoms with Crippen molar-refractivity contribution in [3.8, 4) is 5.75 Å². The summed E-state index contributed by atoms with van der Waals surface area (Å²) in [6.07, 6.45) is 1.53. The lowest BCUT2D eigenvalue weighted by Crippen LogP contribution is -2.05. The molecule has 8 nitrogen and oxygen atoms in total. The predicted octanol–water partition coefficient (Wildman–Crippen LogP) is 4.45. The molecule has 2 heterocycles. The molecule has 2 aromatic carbocycles. The quantitative estimate of drug-likeness (QED) is 0.426. The molecule has 0 spiro atoms. The summed E-state index contributed by atoms with van der Waals surface area (Å²) in [6.45, 7) is -1.30. The Hall–Kier alpha value is -4.02. The van der Waals surface area contributed by atoms with Gasteiger partial charge in [0.05, 0.1) is 5.52 Å². The number of H-pyrrole nitrogens is 1. The van der Waals surface area contributed by atoms with E-state index in [0.717, 1.165) is 12.1 Å². The normalized spacial score (nSPS) is 11.1. The Morgan fingerprint density at radius 3 is 2.77 bits per heavy atom. The molecule has 154 valence electrons. The van der Waals surface area contributed by atoms with Gasteiger partial charge in [-0.05, 0) is 31.2 Å². The zero-order valence-corrected chi connectivity index (χ0v) is 15.4. The fourth-order valence-electron chi connectivity index (χ4n) is 2.73. The second-order valence-corrected chi connectivity index (χ2v) is 6.25. The van der Waals surface area contributed by atoms with Crippen LogP contribution in [0.5, 0.6) is 5.75 Å². The van der Waals surface area contributed by atoms with Gasteiger partial charge in [0, 0.05) is 35.3 Å². The smallest absolute Gasteiger partial charge is 0.417 e. The molecule has 0 aliphatic carbocycles. The van der Waals surface area contributed by atoms with Crippen molar-refractivity contribution in [2.75, 3.05) is 10.6 Å². The molecule has 0 saturated carbocycles. The Kier molecular flexibility index (Phi) is 5.00. The van der Waals surface area contributed by atoms with Crippen LogP contribution in [-0.2, 0) is 0 Å². The lowest BCUT2D eigenvalue weighted by molar-refractivity contribution is -0.0499. The molecule has 2 aromatic heterocycles. The molecule has 11 heteroatoms. The number of benzene rings is 2. The van der Waals surface area contributed by atoms with Crippen LogP contribution in [0.15, 0.2) is 51.8 Å². The van der Waals surface area contributed by atoms with Gasteiger partial charge in [0.1, 0.15) is 17.4 Å². The number of hydrogen-bond acceptors (Lipinski definition) is 7. The third kappa shape index (κ3) is 4.35. The zero-order valence-electron chi connectivity index (χ0n) is 15.4. The number of ether oxygens (including phenoxy) is 1. The fraction of sp³-hybridized carbons (Fsp3) is 0.105. The SMILES string of the molecule is Cc1cnc(Nc2cc(F)cc(OC(F)F)c2)nc1Nc1ccc2oc(=O)[nH]c2c1. The predicted molar refractivity (Wildman–Crippen MR) is 103 cm³/mol. The number of oxazole rings is 1. The summed E-state index contributed by atoms with van der Waals surface area (Å²) in [6, 6.07) is 8.15. The zero-order chi connectivity index (χ0) is 21.3. The van der Waals surface area contributed by atoms with Crippen molar-refractivity contribution < 1.29 is 22.3 Å². The monoisotopic (exact) mass is 417 g/mol. The largest absolute Gasteiger partial charge is 0.435 e. The first-order chi connectivity index (χ1) is 14.4. The minimum absolute atomic E-state index is 0.106.